The summed E-state index contributed by atoms with van der Waals surface area (Å²) >= 11 is 0. The Balaban J connectivity index is 1.56. The SMILES string of the molecule is CN(C[C@@H]1CCCN1)c1ccc2c(c1)C(=O)N(C1CCC(=O)NC1=O)C2=O. The lowest BCUT2D eigenvalue weighted by molar-refractivity contribution is -0.136. The molecular weight excluding hydrogens is 348 g/mol. The number of amides is 4. The number of carbonyl (C=O) groups excluding carboxylic acids is 4. The lowest BCUT2D eigenvalue weighted by Crippen LogP contribution is -2.54. The van der Waals surface area contributed by atoms with Gasteiger partial charge < -0.3 is 10.2 Å². The van der Waals surface area contributed by atoms with E-state index in [1.165, 1.54) is 0 Å². The van der Waals surface area contributed by atoms with Gasteiger partial charge in [-0.1, -0.05) is 0 Å². The summed E-state index contributed by atoms with van der Waals surface area (Å²) in [6, 6.07) is 4.68. The Labute approximate surface area is 156 Å². The standard InChI is InChI=1S/C19H22N4O4/c1-22(10-11-3-2-8-20-11)12-4-5-13-14(9-12)19(27)23(18(13)26)15-6-7-16(24)21-17(15)25/h4-5,9,11,15,20H,2-3,6-8,10H2,1H3,(H,21,24,25)/t11-,15?/m0/s1. The Hall–Kier alpha value is -2.74. The molecule has 0 aromatic heterocycles. The van der Waals surface area contributed by atoms with Crippen molar-refractivity contribution in [2.45, 2.75) is 37.8 Å². The Bertz CT molecular complexity index is 831. The van der Waals surface area contributed by atoms with Gasteiger partial charge in [-0.15, -0.1) is 0 Å². The maximum atomic E-state index is 12.9. The molecule has 0 aliphatic carbocycles. The highest BCUT2D eigenvalue weighted by Crippen LogP contribution is 2.30. The number of carbonyl (C=O) groups is 4. The van der Waals surface area contributed by atoms with E-state index in [9.17, 15) is 19.2 Å². The van der Waals surface area contributed by atoms with Crippen LogP contribution in [0, 0.1) is 0 Å². The van der Waals surface area contributed by atoms with E-state index in [4.69, 9.17) is 0 Å². The van der Waals surface area contributed by atoms with E-state index in [1.54, 1.807) is 12.1 Å². The normalized spacial score (nSPS) is 25.0. The second-order valence-corrected chi connectivity index (χ2v) is 7.35. The monoisotopic (exact) mass is 370 g/mol. The molecule has 2 fully saturated rings. The first-order valence-corrected chi connectivity index (χ1v) is 9.26. The van der Waals surface area contributed by atoms with Crippen LogP contribution < -0.4 is 15.5 Å². The van der Waals surface area contributed by atoms with E-state index in [0.717, 1.165) is 36.5 Å². The number of fused-ring (bicyclic) bond motifs is 1. The third-order valence-corrected chi connectivity index (χ3v) is 5.52. The number of hydrogen-bond donors (Lipinski definition) is 2. The molecule has 0 radical (unpaired) electrons. The molecule has 2 atom stereocenters. The minimum absolute atomic E-state index is 0.117. The molecule has 1 aromatic carbocycles. The van der Waals surface area contributed by atoms with Crippen LogP contribution >= 0.6 is 0 Å². The summed E-state index contributed by atoms with van der Waals surface area (Å²) in [5, 5.41) is 5.65. The average molecular weight is 370 g/mol. The van der Waals surface area contributed by atoms with Gasteiger partial charge >= 0.3 is 0 Å². The molecule has 3 heterocycles. The molecule has 0 saturated carbocycles. The molecule has 4 rings (SSSR count). The molecule has 1 aromatic rings. The molecule has 27 heavy (non-hydrogen) atoms. The zero-order valence-corrected chi connectivity index (χ0v) is 15.2. The maximum Gasteiger partial charge on any atom is 0.262 e. The van der Waals surface area contributed by atoms with E-state index in [0.29, 0.717) is 17.2 Å². The van der Waals surface area contributed by atoms with Crippen LogP contribution in [-0.4, -0.2) is 60.7 Å². The summed E-state index contributed by atoms with van der Waals surface area (Å²) in [5.74, 6) is -1.92. The summed E-state index contributed by atoms with van der Waals surface area (Å²) < 4.78 is 0. The molecule has 8 heteroatoms. The molecular formula is C19H22N4O4. The Morgan fingerprint density at radius 1 is 1.11 bits per heavy atom. The summed E-state index contributed by atoms with van der Waals surface area (Å²) in [6.45, 7) is 1.84. The molecule has 2 N–H and O–H groups in total. The van der Waals surface area contributed by atoms with Crippen LogP contribution in [0.5, 0.6) is 0 Å². The number of imide groups is 2. The average Bonchev–Trinajstić information content (AvgIpc) is 3.23. The van der Waals surface area contributed by atoms with Crippen LogP contribution in [0.4, 0.5) is 5.69 Å². The van der Waals surface area contributed by atoms with Crippen molar-refractivity contribution >= 4 is 29.3 Å². The highest BCUT2D eigenvalue weighted by molar-refractivity contribution is 6.23. The molecule has 142 valence electrons. The van der Waals surface area contributed by atoms with Crippen molar-refractivity contribution in [1.29, 1.82) is 0 Å². The van der Waals surface area contributed by atoms with Crippen LogP contribution in [0.2, 0.25) is 0 Å². The number of hydrogen-bond acceptors (Lipinski definition) is 6. The van der Waals surface area contributed by atoms with Gasteiger partial charge in [0.2, 0.25) is 11.8 Å². The first-order chi connectivity index (χ1) is 13.0. The minimum atomic E-state index is -0.932. The smallest absolute Gasteiger partial charge is 0.262 e. The van der Waals surface area contributed by atoms with Gasteiger partial charge in [0.05, 0.1) is 11.1 Å². The van der Waals surface area contributed by atoms with Crippen molar-refractivity contribution in [3.05, 3.63) is 29.3 Å². The van der Waals surface area contributed by atoms with Gasteiger partial charge in [-0.05, 0) is 44.0 Å². The molecule has 3 aliphatic rings. The van der Waals surface area contributed by atoms with Crippen LogP contribution in [0.15, 0.2) is 18.2 Å². The fourth-order valence-electron chi connectivity index (χ4n) is 4.04. The predicted molar refractivity (Wildman–Crippen MR) is 97.4 cm³/mol. The highest BCUT2D eigenvalue weighted by atomic mass is 16.2. The highest BCUT2D eigenvalue weighted by Gasteiger charge is 2.44. The van der Waals surface area contributed by atoms with Crippen molar-refractivity contribution in [3.8, 4) is 0 Å². The second-order valence-electron chi connectivity index (χ2n) is 7.35. The fraction of sp³-hybridized carbons (Fsp3) is 0.474. The number of nitrogens with one attached hydrogen (secondary N) is 2. The van der Waals surface area contributed by atoms with E-state index in [-0.39, 0.29) is 18.7 Å². The van der Waals surface area contributed by atoms with Crippen molar-refractivity contribution < 1.29 is 19.2 Å². The number of anilines is 1. The summed E-state index contributed by atoms with van der Waals surface area (Å²) in [5.41, 5.74) is 1.47. The van der Waals surface area contributed by atoms with Crippen molar-refractivity contribution in [3.63, 3.8) is 0 Å². The molecule has 0 spiro atoms. The van der Waals surface area contributed by atoms with Gasteiger partial charge in [-0.2, -0.15) is 0 Å². The molecule has 2 saturated heterocycles. The lowest BCUT2D eigenvalue weighted by atomic mass is 10.0. The van der Waals surface area contributed by atoms with Gasteiger partial charge in [0.15, 0.2) is 0 Å². The van der Waals surface area contributed by atoms with Crippen LogP contribution in [0.3, 0.4) is 0 Å². The molecule has 4 amide bonds. The van der Waals surface area contributed by atoms with Crippen molar-refractivity contribution in [1.82, 2.24) is 15.5 Å². The van der Waals surface area contributed by atoms with Gasteiger partial charge in [-0.3, -0.25) is 29.4 Å². The van der Waals surface area contributed by atoms with Crippen LogP contribution in [-0.2, 0) is 9.59 Å². The molecule has 1 unspecified atom stereocenters. The Morgan fingerprint density at radius 2 is 1.89 bits per heavy atom. The van der Waals surface area contributed by atoms with E-state index < -0.39 is 23.8 Å². The van der Waals surface area contributed by atoms with Crippen molar-refractivity contribution in [2.24, 2.45) is 0 Å². The summed E-state index contributed by atoms with van der Waals surface area (Å²) in [7, 11) is 1.96. The van der Waals surface area contributed by atoms with Crippen molar-refractivity contribution in [2.75, 3.05) is 25.0 Å². The number of piperidine rings is 1. The number of benzene rings is 1. The lowest BCUT2D eigenvalue weighted by Gasteiger charge is -2.27. The molecule has 0 bridgehead atoms. The zero-order chi connectivity index (χ0) is 19.1. The summed E-state index contributed by atoms with van der Waals surface area (Å²) in [6.07, 6.45) is 2.56. The third kappa shape index (κ3) is 3.10. The van der Waals surface area contributed by atoms with E-state index in [1.807, 2.05) is 13.1 Å². The third-order valence-electron chi connectivity index (χ3n) is 5.52. The first kappa shape index (κ1) is 17.7. The maximum absolute atomic E-state index is 12.9. The predicted octanol–water partition coefficient (Wildman–Crippen LogP) is 0.276. The number of rotatable bonds is 4. The van der Waals surface area contributed by atoms with Gasteiger partial charge in [0, 0.05) is 31.7 Å². The minimum Gasteiger partial charge on any atom is -0.373 e. The van der Waals surface area contributed by atoms with Crippen LogP contribution in [0.25, 0.3) is 0 Å². The largest absolute Gasteiger partial charge is 0.373 e. The van der Waals surface area contributed by atoms with E-state index in [2.05, 4.69) is 15.5 Å². The topological polar surface area (TPSA) is 98.8 Å². The van der Waals surface area contributed by atoms with Crippen LogP contribution in [0.1, 0.15) is 46.4 Å². The van der Waals surface area contributed by atoms with Gasteiger partial charge in [-0.25, -0.2) is 0 Å². The Kier molecular flexibility index (Phi) is 4.43. The number of likely N-dealkylation sites (N-methyl/N-ethyl adjacent to an activating group) is 1. The van der Waals surface area contributed by atoms with Gasteiger partial charge in [0.25, 0.3) is 11.8 Å². The first-order valence-electron chi connectivity index (χ1n) is 9.26. The Morgan fingerprint density at radius 3 is 2.59 bits per heavy atom. The zero-order valence-electron chi connectivity index (χ0n) is 15.2. The van der Waals surface area contributed by atoms with E-state index >= 15 is 0 Å². The molecule has 3 aliphatic heterocycles. The van der Waals surface area contributed by atoms with Gasteiger partial charge in [0.1, 0.15) is 6.04 Å². The summed E-state index contributed by atoms with van der Waals surface area (Å²) in [4.78, 5) is 52.1. The second kappa shape index (κ2) is 6.77. The fourth-order valence-corrected chi connectivity index (χ4v) is 4.04. The molecule has 8 nitrogen and oxygen atoms in total. The number of nitrogens with zero attached hydrogens (tertiary/aromatic N) is 2. The quantitative estimate of drug-likeness (QED) is 0.739.